The number of carboxylic acids is 1. The predicted octanol–water partition coefficient (Wildman–Crippen LogP) is 3.14. The lowest BCUT2D eigenvalue weighted by molar-refractivity contribution is -0.122. The van der Waals surface area contributed by atoms with Crippen LogP contribution in [-0.4, -0.2) is 71.5 Å². The SMILES string of the molecule is Cc1ccccc1C(=O)Nc1ccc2nc(N3CCN(CC(=O)NC(C)C)CC3)cc(C(=O)O)c2c1. The molecular formula is C27H31N5O4. The van der Waals surface area contributed by atoms with Crippen LogP contribution in [0.5, 0.6) is 0 Å². The molecule has 0 bridgehead atoms. The van der Waals surface area contributed by atoms with E-state index in [9.17, 15) is 19.5 Å². The van der Waals surface area contributed by atoms with Crippen molar-refractivity contribution in [2.45, 2.75) is 26.8 Å². The second-order valence-corrected chi connectivity index (χ2v) is 9.32. The van der Waals surface area contributed by atoms with Crippen molar-refractivity contribution in [3.05, 3.63) is 65.2 Å². The summed E-state index contributed by atoms with van der Waals surface area (Å²) in [4.78, 5) is 45.7. The van der Waals surface area contributed by atoms with Crippen molar-refractivity contribution in [3.63, 3.8) is 0 Å². The first-order chi connectivity index (χ1) is 17.2. The van der Waals surface area contributed by atoms with Crippen molar-refractivity contribution in [3.8, 4) is 0 Å². The molecule has 0 saturated carbocycles. The summed E-state index contributed by atoms with van der Waals surface area (Å²) in [5, 5.41) is 16.1. The maximum absolute atomic E-state index is 12.7. The Morgan fingerprint density at radius 3 is 2.39 bits per heavy atom. The molecule has 2 amide bonds. The van der Waals surface area contributed by atoms with E-state index in [-0.39, 0.29) is 23.4 Å². The maximum atomic E-state index is 12.7. The van der Waals surface area contributed by atoms with Crippen LogP contribution in [0.25, 0.3) is 10.9 Å². The largest absolute Gasteiger partial charge is 0.478 e. The van der Waals surface area contributed by atoms with Crippen LogP contribution in [0, 0.1) is 6.92 Å². The summed E-state index contributed by atoms with van der Waals surface area (Å²) < 4.78 is 0. The summed E-state index contributed by atoms with van der Waals surface area (Å²) in [5.74, 6) is -0.729. The number of nitrogens with zero attached hydrogens (tertiary/aromatic N) is 3. The summed E-state index contributed by atoms with van der Waals surface area (Å²) in [5.41, 5.74) is 2.58. The number of amides is 2. The van der Waals surface area contributed by atoms with E-state index in [1.165, 1.54) is 0 Å². The van der Waals surface area contributed by atoms with Gasteiger partial charge in [0.05, 0.1) is 17.6 Å². The highest BCUT2D eigenvalue weighted by Gasteiger charge is 2.22. The van der Waals surface area contributed by atoms with E-state index in [0.29, 0.717) is 60.7 Å². The molecule has 0 spiro atoms. The fourth-order valence-electron chi connectivity index (χ4n) is 4.36. The molecule has 4 rings (SSSR count). The molecule has 1 aliphatic rings. The van der Waals surface area contributed by atoms with Crippen LogP contribution in [0.2, 0.25) is 0 Å². The number of hydrogen-bond donors (Lipinski definition) is 3. The number of pyridine rings is 1. The number of carbonyl (C=O) groups is 3. The highest BCUT2D eigenvalue weighted by molar-refractivity contribution is 6.08. The minimum Gasteiger partial charge on any atom is -0.478 e. The monoisotopic (exact) mass is 489 g/mol. The first-order valence-electron chi connectivity index (χ1n) is 12.0. The van der Waals surface area contributed by atoms with E-state index >= 15 is 0 Å². The Labute approximate surface area is 210 Å². The zero-order valence-electron chi connectivity index (χ0n) is 20.7. The van der Waals surface area contributed by atoms with Gasteiger partial charge >= 0.3 is 5.97 Å². The van der Waals surface area contributed by atoms with E-state index in [0.717, 1.165) is 5.56 Å². The molecule has 2 heterocycles. The summed E-state index contributed by atoms with van der Waals surface area (Å²) in [7, 11) is 0. The Kier molecular flexibility index (Phi) is 7.49. The van der Waals surface area contributed by atoms with Crippen molar-refractivity contribution >= 4 is 40.2 Å². The molecule has 1 saturated heterocycles. The zero-order chi connectivity index (χ0) is 25.8. The van der Waals surface area contributed by atoms with Crippen LogP contribution in [0.4, 0.5) is 11.5 Å². The van der Waals surface area contributed by atoms with Gasteiger partial charge in [-0.05, 0) is 56.7 Å². The number of carbonyl (C=O) groups excluding carboxylic acids is 2. The molecule has 9 nitrogen and oxygen atoms in total. The first-order valence-corrected chi connectivity index (χ1v) is 12.0. The lowest BCUT2D eigenvalue weighted by atomic mass is 10.1. The zero-order valence-corrected chi connectivity index (χ0v) is 20.7. The molecule has 2 aromatic carbocycles. The van der Waals surface area contributed by atoms with Crippen molar-refractivity contribution < 1.29 is 19.5 Å². The third-order valence-electron chi connectivity index (χ3n) is 6.19. The highest BCUT2D eigenvalue weighted by Crippen LogP contribution is 2.27. The molecule has 0 unspecified atom stereocenters. The Hall–Kier alpha value is -3.98. The number of anilines is 2. The van der Waals surface area contributed by atoms with E-state index in [1.807, 2.05) is 37.8 Å². The van der Waals surface area contributed by atoms with Gasteiger partial charge in [0.25, 0.3) is 5.91 Å². The van der Waals surface area contributed by atoms with Crippen LogP contribution in [-0.2, 0) is 4.79 Å². The van der Waals surface area contributed by atoms with Gasteiger partial charge in [0, 0.05) is 48.9 Å². The predicted molar refractivity (Wildman–Crippen MR) is 140 cm³/mol. The van der Waals surface area contributed by atoms with Gasteiger partial charge in [-0.3, -0.25) is 14.5 Å². The summed E-state index contributed by atoms with van der Waals surface area (Å²) >= 11 is 0. The molecular weight excluding hydrogens is 458 g/mol. The third-order valence-corrected chi connectivity index (χ3v) is 6.19. The van der Waals surface area contributed by atoms with Crippen molar-refractivity contribution in [2.24, 2.45) is 0 Å². The topological polar surface area (TPSA) is 115 Å². The van der Waals surface area contributed by atoms with Gasteiger partial charge in [0.2, 0.25) is 5.91 Å². The van der Waals surface area contributed by atoms with Crippen LogP contribution in [0.1, 0.15) is 40.1 Å². The smallest absolute Gasteiger partial charge is 0.336 e. The van der Waals surface area contributed by atoms with Gasteiger partial charge < -0.3 is 20.6 Å². The Morgan fingerprint density at radius 1 is 1.00 bits per heavy atom. The standard InChI is InChI=1S/C27H31N5O4/c1-17(2)28-25(33)16-31-10-12-32(13-11-31)24-15-22(27(35)36)21-14-19(8-9-23(21)30-24)29-26(34)20-7-5-4-6-18(20)3/h4-9,14-15,17H,10-13,16H2,1-3H3,(H,28,33)(H,29,34)(H,35,36). The number of rotatable bonds is 7. The number of aromatic carboxylic acids is 1. The van der Waals surface area contributed by atoms with E-state index in [1.54, 1.807) is 36.4 Å². The number of nitrogens with one attached hydrogen (secondary N) is 2. The molecule has 1 aliphatic heterocycles. The van der Waals surface area contributed by atoms with Gasteiger partial charge in [0.15, 0.2) is 0 Å². The lowest BCUT2D eigenvalue weighted by Gasteiger charge is -2.35. The van der Waals surface area contributed by atoms with Crippen LogP contribution >= 0.6 is 0 Å². The Bertz CT molecular complexity index is 1300. The molecule has 0 atom stereocenters. The molecule has 0 aliphatic carbocycles. The third kappa shape index (κ3) is 5.80. The van der Waals surface area contributed by atoms with Crippen LogP contribution in [0.3, 0.4) is 0 Å². The number of carboxylic acid groups (broad SMARTS) is 1. The summed E-state index contributed by atoms with van der Waals surface area (Å²) in [6, 6.07) is 14.1. The number of benzene rings is 2. The van der Waals surface area contributed by atoms with Gasteiger partial charge in [-0.2, -0.15) is 0 Å². The maximum Gasteiger partial charge on any atom is 0.336 e. The molecule has 188 valence electrons. The minimum atomic E-state index is -1.06. The fraction of sp³-hybridized carbons (Fsp3) is 0.333. The summed E-state index contributed by atoms with van der Waals surface area (Å²) in [6.07, 6.45) is 0. The molecule has 1 aromatic heterocycles. The normalized spacial score (nSPS) is 14.2. The number of piperazine rings is 1. The Morgan fingerprint density at radius 2 is 1.72 bits per heavy atom. The average Bonchev–Trinajstić information content (AvgIpc) is 2.83. The van der Waals surface area contributed by atoms with E-state index in [2.05, 4.69) is 15.5 Å². The van der Waals surface area contributed by atoms with Gasteiger partial charge in [-0.25, -0.2) is 9.78 Å². The van der Waals surface area contributed by atoms with Crippen molar-refractivity contribution in [2.75, 3.05) is 42.9 Å². The number of aryl methyl sites for hydroxylation is 1. The quantitative estimate of drug-likeness (QED) is 0.467. The van der Waals surface area contributed by atoms with Crippen LogP contribution < -0.4 is 15.5 Å². The van der Waals surface area contributed by atoms with Gasteiger partial charge in [-0.1, -0.05) is 18.2 Å². The molecule has 3 aromatic rings. The lowest BCUT2D eigenvalue weighted by Crippen LogP contribution is -2.50. The highest BCUT2D eigenvalue weighted by atomic mass is 16.4. The first kappa shape index (κ1) is 25.1. The average molecular weight is 490 g/mol. The molecule has 1 fully saturated rings. The van der Waals surface area contributed by atoms with Gasteiger partial charge in [0.1, 0.15) is 5.82 Å². The second kappa shape index (κ2) is 10.7. The van der Waals surface area contributed by atoms with E-state index in [4.69, 9.17) is 4.98 Å². The van der Waals surface area contributed by atoms with Crippen molar-refractivity contribution in [1.29, 1.82) is 0 Å². The molecule has 9 heteroatoms. The van der Waals surface area contributed by atoms with Crippen molar-refractivity contribution in [1.82, 2.24) is 15.2 Å². The second-order valence-electron chi connectivity index (χ2n) is 9.32. The van der Waals surface area contributed by atoms with E-state index < -0.39 is 5.97 Å². The summed E-state index contributed by atoms with van der Waals surface area (Å²) in [6.45, 7) is 8.70. The minimum absolute atomic E-state index is 0.000707. The Balaban J connectivity index is 1.52. The van der Waals surface area contributed by atoms with Crippen LogP contribution in [0.15, 0.2) is 48.5 Å². The number of aromatic nitrogens is 1. The fourth-order valence-corrected chi connectivity index (χ4v) is 4.36. The molecule has 3 N–H and O–H groups in total. The molecule has 0 radical (unpaired) electrons. The van der Waals surface area contributed by atoms with Gasteiger partial charge in [-0.15, -0.1) is 0 Å². The molecule has 36 heavy (non-hydrogen) atoms. The number of hydrogen-bond acceptors (Lipinski definition) is 6. The number of fused-ring (bicyclic) bond motifs is 1.